The van der Waals surface area contributed by atoms with Gasteiger partial charge in [0.25, 0.3) is 0 Å². The molecule has 0 aliphatic rings. The fraction of sp³-hybridized carbons (Fsp3) is 0.320. The molecule has 0 radical (unpaired) electrons. The number of nitrogens with two attached hydrogens (primary N) is 1. The van der Waals surface area contributed by atoms with E-state index >= 15 is 0 Å². The molecule has 2 rings (SSSR count). The SMILES string of the molecule is CC(NC(=O)C(N)CC(=O)O)C(=O)NC(Cc1ccccc1)C(=O)NC(Cc1ccc(O)cc1)C(=O)O. The minimum Gasteiger partial charge on any atom is -0.508 e. The van der Waals surface area contributed by atoms with Gasteiger partial charge >= 0.3 is 11.9 Å². The summed E-state index contributed by atoms with van der Waals surface area (Å²) in [7, 11) is 0. The Balaban J connectivity index is 2.14. The molecule has 0 bridgehead atoms. The van der Waals surface area contributed by atoms with Gasteiger partial charge in [-0.15, -0.1) is 0 Å². The lowest BCUT2D eigenvalue weighted by molar-refractivity contribution is -0.142. The molecule has 2 aromatic carbocycles. The quantitative estimate of drug-likeness (QED) is 0.184. The molecule has 0 heterocycles. The highest BCUT2D eigenvalue weighted by Gasteiger charge is 2.29. The summed E-state index contributed by atoms with van der Waals surface area (Å²) in [5, 5.41) is 35.1. The number of rotatable bonds is 13. The number of carboxylic acids is 2. The standard InChI is InChI=1S/C25H30N4O8/c1-14(27-23(34)18(26)13-21(31)32)22(33)28-19(11-15-5-3-2-4-6-15)24(35)29-20(25(36)37)12-16-7-9-17(30)10-8-16/h2-10,14,18-20,30H,11-13,26H2,1H3,(H,27,34)(H,28,33)(H,29,35)(H,31,32)(H,36,37). The zero-order valence-corrected chi connectivity index (χ0v) is 20.1. The fourth-order valence-electron chi connectivity index (χ4n) is 3.36. The van der Waals surface area contributed by atoms with Crippen LogP contribution in [0.15, 0.2) is 54.6 Å². The topological polar surface area (TPSA) is 208 Å². The summed E-state index contributed by atoms with van der Waals surface area (Å²) in [6, 6.07) is 9.52. The minimum absolute atomic E-state index is 0.00965. The van der Waals surface area contributed by atoms with Crippen molar-refractivity contribution in [2.45, 2.75) is 50.4 Å². The van der Waals surface area contributed by atoms with Gasteiger partial charge in [-0.2, -0.15) is 0 Å². The van der Waals surface area contributed by atoms with Crippen LogP contribution in [0.2, 0.25) is 0 Å². The maximum Gasteiger partial charge on any atom is 0.326 e. The molecular weight excluding hydrogens is 484 g/mol. The van der Waals surface area contributed by atoms with Crippen LogP contribution >= 0.6 is 0 Å². The van der Waals surface area contributed by atoms with Crippen LogP contribution in [0.25, 0.3) is 0 Å². The summed E-state index contributed by atoms with van der Waals surface area (Å²) in [6.07, 6.45) is -0.665. The lowest BCUT2D eigenvalue weighted by atomic mass is 10.0. The number of benzene rings is 2. The molecule has 0 aliphatic heterocycles. The molecule has 12 heteroatoms. The van der Waals surface area contributed by atoms with Crippen LogP contribution in [0.1, 0.15) is 24.5 Å². The zero-order valence-electron chi connectivity index (χ0n) is 20.1. The molecule has 0 aromatic heterocycles. The number of carbonyl (C=O) groups excluding carboxylic acids is 3. The highest BCUT2D eigenvalue weighted by molar-refractivity contribution is 5.94. The molecule has 4 atom stereocenters. The van der Waals surface area contributed by atoms with E-state index < -0.39 is 60.2 Å². The molecule has 0 aliphatic carbocycles. The van der Waals surface area contributed by atoms with Crippen LogP contribution in [0.5, 0.6) is 5.75 Å². The first kappa shape index (κ1) is 28.8. The van der Waals surface area contributed by atoms with E-state index in [1.54, 1.807) is 30.3 Å². The number of hydrogen-bond donors (Lipinski definition) is 7. The number of phenolic OH excluding ortho intramolecular Hbond substituents is 1. The number of nitrogens with one attached hydrogen (secondary N) is 3. The van der Waals surface area contributed by atoms with E-state index in [4.69, 9.17) is 10.8 Å². The monoisotopic (exact) mass is 514 g/mol. The first-order valence-electron chi connectivity index (χ1n) is 11.4. The molecule has 198 valence electrons. The number of aromatic hydroxyl groups is 1. The lowest BCUT2D eigenvalue weighted by Gasteiger charge is -2.24. The molecule has 0 saturated carbocycles. The predicted molar refractivity (Wildman–Crippen MR) is 131 cm³/mol. The van der Waals surface area contributed by atoms with Crippen molar-refractivity contribution >= 4 is 29.7 Å². The Labute approximate surface area is 212 Å². The van der Waals surface area contributed by atoms with E-state index in [1.807, 2.05) is 0 Å². The van der Waals surface area contributed by atoms with Crippen molar-refractivity contribution in [2.75, 3.05) is 0 Å². The Morgan fingerprint density at radius 1 is 0.757 bits per heavy atom. The van der Waals surface area contributed by atoms with Gasteiger partial charge in [-0.05, 0) is 30.2 Å². The Bertz CT molecular complexity index is 1110. The molecule has 0 saturated heterocycles. The Morgan fingerprint density at radius 3 is 1.86 bits per heavy atom. The van der Waals surface area contributed by atoms with E-state index in [2.05, 4.69) is 16.0 Å². The second-order valence-electron chi connectivity index (χ2n) is 8.46. The third-order valence-corrected chi connectivity index (χ3v) is 5.39. The van der Waals surface area contributed by atoms with Gasteiger partial charge in [-0.25, -0.2) is 4.79 Å². The van der Waals surface area contributed by atoms with E-state index in [1.165, 1.54) is 31.2 Å². The van der Waals surface area contributed by atoms with Gasteiger partial charge < -0.3 is 37.0 Å². The number of carbonyl (C=O) groups is 5. The molecule has 3 amide bonds. The summed E-state index contributed by atoms with van der Waals surface area (Å²) in [5.74, 6) is -4.93. The van der Waals surface area contributed by atoms with Crippen LogP contribution in [0.4, 0.5) is 0 Å². The third-order valence-electron chi connectivity index (χ3n) is 5.39. The molecular formula is C25H30N4O8. The largest absolute Gasteiger partial charge is 0.508 e. The van der Waals surface area contributed by atoms with Crippen molar-refractivity contribution in [1.82, 2.24) is 16.0 Å². The molecule has 0 fully saturated rings. The number of amides is 3. The number of carboxylic acid groups (broad SMARTS) is 2. The number of aliphatic carboxylic acids is 2. The Morgan fingerprint density at radius 2 is 1.30 bits per heavy atom. The van der Waals surface area contributed by atoms with Crippen LogP contribution in [0, 0.1) is 0 Å². The van der Waals surface area contributed by atoms with Crippen molar-refractivity contribution in [3.8, 4) is 5.75 Å². The van der Waals surface area contributed by atoms with Crippen LogP contribution in [0.3, 0.4) is 0 Å². The first-order chi connectivity index (χ1) is 17.5. The zero-order chi connectivity index (χ0) is 27.5. The second kappa shape index (κ2) is 13.6. The number of phenols is 1. The predicted octanol–water partition coefficient (Wildman–Crippen LogP) is -0.462. The van der Waals surface area contributed by atoms with Gasteiger partial charge in [0.1, 0.15) is 23.9 Å². The molecule has 4 unspecified atom stereocenters. The minimum atomic E-state index is -1.37. The molecule has 0 spiro atoms. The van der Waals surface area contributed by atoms with Crippen LogP contribution in [-0.2, 0) is 36.8 Å². The van der Waals surface area contributed by atoms with Crippen LogP contribution in [-0.4, -0.2) is 69.1 Å². The van der Waals surface area contributed by atoms with Gasteiger partial charge in [0.05, 0.1) is 12.5 Å². The van der Waals surface area contributed by atoms with Crippen LogP contribution < -0.4 is 21.7 Å². The summed E-state index contributed by atoms with van der Waals surface area (Å²) in [4.78, 5) is 60.5. The van der Waals surface area contributed by atoms with Crippen molar-refractivity contribution < 1.29 is 39.3 Å². The van der Waals surface area contributed by atoms with Crippen molar-refractivity contribution in [1.29, 1.82) is 0 Å². The molecule has 2 aromatic rings. The maximum absolute atomic E-state index is 13.1. The van der Waals surface area contributed by atoms with Crippen molar-refractivity contribution in [3.05, 3.63) is 65.7 Å². The average Bonchev–Trinajstić information content (AvgIpc) is 2.84. The molecule has 8 N–H and O–H groups in total. The molecule has 37 heavy (non-hydrogen) atoms. The van der Waals surface area contributed by atoms with E-state index in [0.29, 0.717) is 11.1 Å². The summed E-state index contributed by atoms with van der Waals surface area (Å²) >= 11 is 0. The summed E-state index contributed by atoms with van der Waals surface area (Å²) in [5.41, 5.74) is 6.76. The van der Waals surface area contributed by atoms with E-state index in [0.717, 1.165) is 0 Å². The number of hydrogen-bond acceptors (Lipinski definition) is 7. The Kier molecular flexibility index (Phi) is 10.6. The van der Waals surface area contributed by atoms with Gasteiger partial charge in [0.15, 0.2) is 0 Å². The fourth-order valence-corrected chi connectivity index (χ4v) is 3.36. The molecule has 12 nitrogen and oxygen atoms in total. The van der Waals surface area contributed by atoms with Crippen molar-refractivity contribution in [3.63, 3.8) is 0 Å². The van der Waals surface area contributed by atoms with Gasteiger partial charge in [0.2, 0.25) is 17.7 Å². The Hall–Kier alpha value is -4.45. The third kappa shape index (κ3) is 9.61. The maximum atomic E-state index is 13.1. The second-order valence-corrected chi connectivity index (χ2v) is 8.46. The van der Waals surface area contributed by atoms with Gasteiger partial charge in [-0.1, -0.05) is 42.5 Å². The summed E-state index contributed by atoms with van der Waals surface area (Å²) in [6.45, 7) is 1.34. The summed E-state index contributed by atoms with van der Waals surface area (Å²) < 4.78 is 0. The van der Waals surface area contributed by atoms with E-state index in [9.17, 15) is 34.2 Å². The first-order valence-corrected chi connectivity index (χ1v) is 11.4. The van der Waals surface area contributed by atoms with Crippen molar-refractivity contribution in [2.24, 2.45) is 5.73 Å². The normalized spacial score (nSPS) is 13.9. The van der Waals surface area contributed by atoms with Gasteiger partial charge in [-0.3, -0.25) is 19.2 Å². The highest BCUT2D eigenvalue weighted by atomic mass is 16.4. The van der Waals surface area contributed by atoms with E-state index in [-0.39, 0.29) is 18.6 Å². The highest BCUT2D eigenvalue weighted by Crippen LogP contribution is 2.12. The average molecular weight is 515 g/mol. The van der Waals surface area contributed by atoms with Gasteiger partial charge in [0, 0.05) is 12.8 Å². The smallest absolute Gasteiger partial charge is 0.326 e. The lowest BCUT2D eigenvalue weighted by Crippen LogP contribution is -2.57.